The Morgan fingerprint density at radius 1 is 0.933 bits per heavy atom. The minimum atomic E-state index is -0.257. The normalized spacial score (nSPS) is 16.0. The molecule has 2 aromatic heterocycles. The molecule has 0 spiro atoms. The second kappa shape index (κ2) is 13.1. The first-order valence-electron chi connectivity index (χ1n) is 15.8. The van der Waals surface area contributed by atoms with Crippen molar-refractivity contribution in [2.24, 2.45) is 14.1 Å². The number of piperidine rings is 1. The fourth-order valence-corrected chi connectivity index (χ4v) is 6.45. The molecule has 0 saturated carbocycles. The minimum absolute atomic E-state index is 0.145. The second-order valence-corrected chi connectivity index (χ2v) is 12.3. The van der Waals surface area contributed by atoms with Crippen molar-refractivity contribution in [2.45, 2.75) is 57.9 Å². The third-order valence-electron chi connectivity index (χ3n) is 8.90. The lowest BCUT2D eigenvalue weighted by atomic mass is 9.97. The lowest BCUT2D eigenvalue weighted by molar-refractivity contribution is -0.116. The monoisotopic (exact) mass is 607 g/mol. The molecule has 234 valence electrons. The number of aryl methyl sites for hydroxylation is 4. The molecule has 0 unspecified atom stereocenters. The number of nitrogens with one attached hydrogen (secondary N) is 2. The fourth-order valence-electron chi connectivity index (χ4n) is 6.45. The van der Waals surface area contributed by atoms with Crippen molar-refractivity contribution in [3.05, 3.63) is 89.5 Å². The van der Waals surface area contributed by atoms with Crippen LogP contribution in [0.25, 0.3) is 11.1 Å². The molecule has 4 aromatic rings. The topological polar surface area (TPSA) is 97.6 Å². The third kappa shape index (κ3) is 6.82. The number of rotatable bonds is 9. The predicted octanol–water partition coefficient (Wildman–Crippen LogP) is 6.33. The van der Waals surface area contributed by atoms with E-state index in [1.165, 1.54) is 6.42 Å². The van der Waals surface area contributed by atoms with Crippen LogP contribution < -0.4 is 15.4 Å². The standard InChI is InChI=1S/C36H41N5O4/c1-24-19-31-26(11-14-30-7-4-5-16-41(30)36(31)44)20-33(24)45-18-6-8-34(42)37-29-21-32(40(3)23-29)35(43)38-28-12-9-25(10-13-28)27-15-17-39(2)22-27/h9-10,12-13,15,17,19-23,30H,4-8,11,14,16,18H2,1-3H3,(H,37,42)(H,38,43)/t30-/m0/s1. The summed E-state index contributed by atoms with van der Waals surface area (Å²) in [5.74, 6) is 0.522. The van der Waals surface area contributed by atoms with Gasteiger partial charge in [-0.3, -0.25) is 14.4 Å². The van der Waals surface area contributed by atoms with E-state index in [2.05, 4.69) is 15.5 Å². The Bertz CT molecular complexity index is 1720. The van der Waals surface area contributed by atoms with Crippen LogP contribution in [0.5, 0.6) is 5.75 Å². The smallest absolute Gasteiger partial charge is 0.272 e. The second-order valence-electron chi connectivity index (χ2n) is 12.3. The lowest BCUT2D eigenvalue weighted by Gasteiger charge is -2.34. The Labute approximate surface area is 264 Å². The molecule has 1 atom stereocenters. The molecule has 45 heavy (non-hydrogen) atoms. The van der Waals surface area contributed by atoms with Crippen LogP contribution >= 0.6 is 0 Å². The van der Waals surface area contributed by atoms with Crippen LogP contribution in [0.1, 0.15) is 70.5 Å². The first kappa shape index (κ1) is 30.2. The van der Waals surface area contributed by atoms with Crippen molar-refractivity contribution in [3.8, 4) is 16.9 Å². The summed E-state index contributed by atoms with van der Waals surface area (Å²) in [7, 11) is 3.76. The number of carbonyl (C=O) groups is 3. The summed E-state index contributed by atoms with van der Waals surface area (Å²) in [6, 6.07) is 15.8. The molecule has 4 heterocycles. The van der Waals surface area contributed by atoms with Crippen molar-refractivity contribution in [2.75, 3.05) is 23.8 Å². The first-order valence-corrected chi connectivity index (χ1v) is 15.8. The molecular weight excluding hydrogens is 566 g/mol. The number of carbonyl (C=O) groups excluding carboxylic acids is 3. The molecule has 0 radical (unpaired) electrons. The molecule has 2 aromatic carbocycles. The lowest BCUT2D eigenvalue weighted by Crippen LogP contribution is -2.42. The number of hydrogen-bond acceptors (Lipinski definition) is 4. The zero-order chi connectivity index (χ0) is 31.5. The van der Waals surface area contributed by atoms with Crippen molar-refractivity contribution < 1.29 is 19.1 Å². The van der Waals surface area contributed by atoms with E-state index < -0.39 is 0 Å². The molecule has 1 fully saturated rings. The molecule has 3 amide bonds. The number of nitrogens with zero attached hydrogens (tertiary/aromatic N) is 3. The maximum Gasteiger partial charge on any atom is 0.272 e. The van der Waals surface area contributed by atoms with E-state index in [-0.39, 0.29) is 24.1 Å². The SMILES string of the molecule is Cc1cc2c(cc1OCCCC(=O)Nc1cc(C(=O)Nc3ccc(-c4ccn(C)c4)cc3)n(C)c1)CC[C@@H]1CCCCN1C2=O. The Hall–Kier alpha value is -4.79. The minimum Gasteiger partial charge on any atom is -0.493 e. The van der Waals surface area contributed by atoms with E-state index in [0.717, 1.165) is 65.8 Å². The van der Waals surface area contributed by atoms with Crippen molar-refractivity contribution in [3.63, 3.8) is 0 Å². The van der Waals surface area contributed by atoms with E-state index in [1.54, 1.807) is 23.9 Å². The molecule has 0 bridgehead atoms. The zero-order valence-corrected chi connectivity index (χ0v) is 26.3. The van der Waals surface area contributed by atoms with Crippen molar-refractivity contribution >= 4 is 29.1 Å². The van der Waals surface area contributed by atoms with Crippen LogP contribution in [0.2, 0.25) is 0 Å². The van der Waals surface area contributed by atoms with Crippen molar-refractivity contribution in [1.82, 2.24) is 14.0 Å². The Kier molecular flexibility index (Phi) is 8.78. The predicted molar refractivity (Wildman–Crippen MR) is 176 cm³/mol. The molecule has 1 saturated heterocycles. The van der Waals surface area contributed by atoms with Gasteiger partial charge in [0.05, 0.1) is 12.3 Å². The maximum atomic E-state index is 13.2. The molecule has 2 aliphatic rings. The highest BCUT2D eigenvalue weighted by Gasteiger charge is 2.32. The molecule has 6 rings (SSSR count). The summed E-state index contributed by atoms with van der Waals surface area (Å²) in [6.45, 7) is 3.21. The molecule has 9 heteroatoms. The summed E-state index contributed by atoms with van der Waals surface area (Å²) >= 11 is 0. The highest BCUT2D eigenvalue weighted by Crippen LogP contribution is 2.32. The van der Waals surface area contributed by atoms with Gasteiger partial charge in [0.15, 0.2) is 0 Å². The van der Waals surface area contributed by atoms with E-state index in [4.69, 9.17) is 4.74 Å². The number of hydrogen-bond donors (Lipinski definition) is 2. The number of aromatic nitrogens is 2. The number of ether oxygens (including phenoxy) is 1. The highest BCUT2D eigenvalue weighted by atomic mass is 16.5. The fraction of sp³-hybridized carbons (Fsp3) is 0.361. The van der Waals surface area contributed by atoms with Crippen LogP contribution in [0.3, 0.4) is 0 Å². The van der Waals surface area contributed by atoms with E-state index in [0.29, 0.717) is 36.1 Å². The van der Waals surface area contributed by atoms with Gasteiger partial charge in [0.2, 0.25) is 5.91 Å². The Balaban J connectivity index is 0.985. The summed E-state index contributed by atoms with van der Waals surface area (Å²) in [5, 5.41) is 5.83. The number of anilines is 2. The Morgan fingerprint density at radius 3 is 2.53 bits per heavy atom. The van der Waals surface area contributed by atoms with E-state index in [1.807, 2.05) is 73.4 Å². The third-order valence-corrected chi connectivity index (χ3v) is 8.90. The molecule has 2 aliphatic heterocycles. The van der Waals surface area contributed by atoms with Crippen LogP contribution in [0, 0.1) is 6.92 Å². The maximum absolute atomic E-state index is 13.2. The average molecular weight is 608 g/mol. The van der Waals surface area contributed by atoms with Crippen LogP contribution in [-0.2, 0) is 25.3 Å². The average Bonchev–Trinajstić information content (AvgIpc) is 3.60. The van der Waals surface area contributed by atoms with Gasteiger partial charge >= 0.3 is 0 Å². The Morgan fingerprint density at radius 2 is 1.76 bits per heavy atom. The van der Waals surface area contributed by atoms with E-state index >= 15 is 0 Å². The van der Waals surface area contributed by atoms with Gasteiger partial charge in [-0.15, -0.1) is 0 Å². The molecule has 2 N–H and O–H groups in total. The van der Waals surface area contributed by atoms with Gasteiger partial charge in [-0.25, -0.2) is 0 Å². The van der Waals surface area contributed by atoms with Gasteiger partial charge in [-0.2, -0.15) is 0 Å². The quantitative estimate of drug-likeness (QED) is 0.217. The largest absolute Gasteiger partial charge is 0.493 e. The van der Waals surface area contributed by atoms with Crippen molar-refractivity contribution in [1.29, 1.82) is 0 Å². The van der Waals surface area contributed by atoms with Gasteiger partial charge in [-0.1, -0.05) is 12.1 Å². The summed E-state index contributed by atoms with van der Waals surface area (Å²) in [6.07, 6.45) is 11.8. The van der Waals surface area contributed by atoms with Gasteiger partial charge in [0.1, 0.15) is 11.4 Å². The van der Waals surface area contributed by atoms with Gasteiger partial charge < -0.3 is 29.4 Å². The van der Waals surface area contributed by atoms with Gasteiger partial charge in [0, 0.05) is 62.9 Å². The summed E-state index contributed by atoms with van der Waals surface area (Å²) in [4.78, 5) is 41.0. The van der Waals surface area contributed by atoms with Gasteiger partial charge in [0.25, 0.3) is 11.8 Å². The number of benzene rings is 2. The molecule has 0 aliphatic carbocycles. The van der Waals surface area contributed by atoms with Gasteiger partial charge in [-0.05, 0) is 104 Å². The highest BCUT2D eigenvalue weighted by molar-refractivity contribution is 6.04. The number of amides is 3. The molecular formula is C36H41N5O4. The molecule has 9 nitrogen and oxygen atoms in total. The summed E-state index contributed by atoms with van der Waals surface area (Å²) < 4.78 is 9.77. The first-order chi connectivity index (χ1) is 21.7. The van der Waals surface area contributed by atoms with E-state index in [9.17, 15) is 14.4 Å². The number of fused-ring (bicyclic) bond motifs is 2. The zero-order valence-electron chi connectivity index (χ0n) is 26.3. The summed E-state index contributed by atoms with van der Waals surface area (Å²) in [5.41, 5.74) is 6.68. The van der Waals surface area contributed by atoms with Crippen LogP contribution in [-0.4, -0.2) is 50.9 Å². The van der Waals surface area contributed by atoms with Crippen LogP contribution in [0.4, 0.5) is 11.4 Å². The van der Waals surface area contributed by atoms with Crippen LogP contribution in [0.15, 0.2) is 67.1 Å².